The Morgan fingerprint density at radius 1 is 1.10 bits per heavy atom. The Labute approximate surface area is 115 Å². The number of aryl methyl sites for hydroxylation is 1. The fourth-order valence-electron chi connectivity index (χ4n) is 1.79. The van der Waals surface area contributed by atoms with Gasteiger partial charge in [-0.3, -0.25) is 4.68 Å². The van der Waals surface area contributed by atoms with Crippen LogP contribution in [0.2, 0.25) is 0 Å². The Morgan fingerprint density at radius 2 is 2.00 bits per heavy atom. The van der Waals surface area contributed by atoms with Crippen molar-refractivity contribution in [3.63, 3.8) is 0 Å². The van der Waals surface area contributed by atoms with E-state index >= 15 is 0 Å². The van der Waals surface area contributed by atoms with E-state index in [0.29, 0.717) is 23.0 Å². The zero-order valence-corrected chi connectivity index (χ0v) is 10.9. The van der Waals surface area contributed by atoms with Gasteiger partial charge in [0, 0.05) is 31.1 Å². The zero-order valence-electron chi connectivity index (χ0n) is 10.9. The number of aromatic nitrogens is 4. The predicted molar refractivity (Wildman–Crippen MR) is 75.2 cm³/mol. The van der Waals surface area contributed by atoms with Crippen molar-refractivity contribution in [3.8, 4) is 23.0 Å². The molecule has 0 unspecified atom stereocenters. The molecule has 0 aliphatic carbocycles. The topological polar surface area (TPSA) is 78.9 Å². The van der Waals surface area contributed by atoms with Gasteiger partial charge >= 0.3 is 0 Å². The van der Waals surface area contributed by atoms with Crippen LogP contribution in [0.25, 0.3) is 11.4 Å². The number of hydrogen-bond acceptors (Lipinski definition) is 5. The minimum Gasteiger partial charge on any atom is -0.439 e. The molecule has 0 amide bonds. The van der Waals surface area contributed by atoms with E-state index in [9.17, 15) is 0 Å². The molecule has 0 aliphatic rings. The number of nitrogens with zero attached hydrogens (tertiary/aromatic N) is 4. The maximum atomic E-state index is 5.71. The number of rotatable bonds is 3. The summed E-state index contributed by atoms with van der Waals surface area (Å²) in [6.07, 6.45) is 3.31. The van der Waals surface area contributed by atoms with Crippen LogP contribution in [-0.2, 0) is 7.05 Å². The first-order valence-corrected chi connectivity index (χ1v) is 6.06. The van der Waals surface area contributed by atoms with Gasteiger partial charge in [-0.25, -0.2) is 9.97 Å². The molecule has 20 heavy (non-hydrogen) atoms. The highest BCUT2D eigenvalue weighted by Crippen LogP contribution is 2.23. The average molecular weight is 267 g/mol. The Kier molecular flexibility index (Phi) is 3.04. The first kappa shape index (κ1) is 12.2. The summed E-state index contributed by atoms with van der Waals surface area (Å²) in [7, 11) is 1.86. The normalized spacial score (nSPS) is 10.4. The minimum absolute atomic E-state index is 0.450. The number of benzene rings is 1. The van der Waals surface area contributed by atoms with Crippen LogP contribution in [0.1, 0.15) is 0 Å². The standard InChI is InChI=1S/C14H13N5O/c1-19-6-5-12(18-19)13-8-14(17-9-16-13)20-11-4-2-3-10(15)7-11/h2-9H,15H2,1H3. The summed E-state index contributed by atoms with van der Waals surface area (Å²) in [5.41, 5.74) is 7.83. The van der Waals surface area contributed by atoms with Crippen molar-refractivity contribution in [2.45, 2.75) is 0 Å². The summed E-state index contributed by atoms with van der Waals surface area (Å²) < 4.78 is 7.38. The summed E-state index contributed by atoms with van der Waals surface area (Å²) in [6.45, 7) is 0. The lowest BCUT2D eigenvalue weighted by Gasteiger charge is -2.05. The smallest absolute Gasteiger partial charge is 0.222 e. The van der Waals surface area contributed by atoms with E-state index in [2.05, 4.69) is 15.1 Å². The SMILES string of the molecule is Cn1ccc(-c2cc(Oc3cccc(N)c3)ncn2)n1. The highest BCUT2D eigenvalue weighted by molar-refractivity contribution is 5.54. The molecule has 0 saturated carbocycles. The summed E-state index contributed by atoms with van der Waals surface area (Å²) in [4.78, 5) is 8.28. The first-order chi connectivity index (χ1) is 9.70. The molecule has 2 heterocycles. The molecule has 3 aromatic rings. The quantitative estimate of drug-likeness (QED) is 0.736. The lowest BCUT2D eigenvalue weighted by Crippen LogP contribution is -1.93. The van der Waals surface area contributed by atoms with Gasteiger partial charge in [0.2, 0.25) is 5.88 Å². The lowest BCUT2D eigenvalue weighted by molar-refractivity contribution is 0.462. The fourth-order valence-corrected chi connectivity index (χ4v) is 1.79. The molecule has 100 valence electrons. The second-order valence-electron chi connectivity index (χ2n) is 4.29. The first-order valence-electron chi connectivity index (χ1n) is 6.06. The van der Waals surface area contributed by atoms with Gasteiger partial charge < -0.3 is 10.5 Å². The van der Waals surface area contributed by atoms with Gasteiger partial charge in [0.1, 0.15) is 17.8 Å². The summed E-state index contributed by atoms with van der Waals surface area (Å²) in [5.74, 6) is 1.09. The van der Waals surface area contributed by atoms with E-state index in [-0.39, 0.29) is 0 Å². The Bertz CT molecular complexity index is 738. The Balaban J connectivity index is 1.88. The van der Waals surface area contributed by atoms with Crippen LogP contribution < -0.4 is 10.5 Å². The number of hydrogen-bond donors (Lipinski definition) is 1. The van der Waals surface area contributed by atoms with E-state index in [1.165, 1.54) is 6.33 Å². The van der Waals surface area contributed by atoms with Crippen LogP contribution in [0.3, 0.4) is 0 Å². The number of anilines is 1. The van der Waals surface area contributed by atoms with Gasteiger partial charge in [-0.05, 0) is 18.2 Å². The molecule has 1 aromatic carbocycles. The molecule has 6 heteroatoms. The molecule has 0 atom stereocenters. The van der Waals surface area contributed by atoms with E-state index in [4.69, 9.17) is 10.5 Å². The third-order valence-corrected chi connectivity index (χ3v) is 2.70. The lowest BCUT2D eigenvalue weighted by atomic mass is 10.3. The predicted octanol–water partition coefficient (Wildman–Crippen LogP) is 2.25. The number of nitrogen functional groups attached to an aromatic ring is 1. The molecule has 0 aliphatic heterocycles. The molecule has 0 spiro atoms. The van der Waals surface area contributed by atoms with Gasteiger partial charge in [-0.15, -0.1) is 0 Å². The van der Waals surface area contributed by atoms with Crippen molar-refractivity contribution in [2.75, 3.05) is 5.73 Å². The second-order valence-corrected chi connectivity index (χ2v) is 4.29. The van der Waals surface area contributed by atoms with Gasteiger partial charge in [-0.2, -0.15) is 5.10 Å². The van der Waals surface area contributed by atoms with Crippen LogP contribution in [0, 0.1) is 0 Å². The van der Waals surface area contributed by atoms with E-state index in [1.807, 2.05) is 31.4 Å². The summed E-state index contributed by atoms with van der Waals surface area (Å²) in [6, 6.07) is 10.8. The fraction of sp³-hybridized carbons (Fsp3) is 0.0714. The zero-order chi connectivity index (χ0) is 13.9. The third-order valence-electron chi connectivity index (χ3n) is 2.70. The monoisotopic (exact) mass is 267 g/mol. The highest BCUT2D eigenvalue weighted by atomic mass is 16.5. The number of nitrogens with two attached hydrogens (primary N) is 1. The molecule has 3 rings (SSSR count). The van der Waals surface area contributed by atoms with Gasteiger partial charge in [-0.1, -0.05) is 6.07 Å². The molecule has 2 aromatic heterocycles. The largest absolute Gasteiger partial charge is 0.439 e. The summed E-state index contributed by atoms with van der Waals surface area (Å²) in [5, 5.41) is 4.29. The van der Waals surface area contributed by atoms with Crippen LogP contribution in [0.4, 0.5) is 5.69 Å². The van der Waals surface area contributed by atoms with Crippen molar-refractivity contribution in [1.29, 1.82) is 0 Å². The van der Waals surface area contributed by atoms with E-state index in [0.717, 1.165) is 5.69 Å². The van der Waals surface area contributed by atoms with E-state index in [1.54, 1.807) is 22.9 Å². The molecule has 6 nitrogen and oxygen atoms in total. The maximum Gasteiger partial charge on any atom is 0.222 e. The van der Waals surface area contributed by atoms with Gasteiger partial charge in [0.05, 0.1) is 5.69 Å². The third kappa shape index (κ3) is 2.59. The maximum absolute atomic E-state index is 5.71. The van der Waals surface area contributed by atoms with Crippen molar-refractivity contribution in [3.05, 3.63) is 48.9 Å². The molecule has 0 radical (unpaired) electrons. The molecular weight excluding hydrogens is 254 g/mol. The van der Waals surface area contributed by atoms with E-state index < -0.39 is 0 Å². The van der Waals surface area contributed by atoms with Crippen molar-refractivity contribution >= 4 is 5.69 Å². The van der Waals surface area contributed by atoms with Crippen LogP contribution in [-0.4, -0.2) is 19.7 Å². The Hall–Kier alpha value is -2.89. The molecular formula is C14H13N5O. The van der Waals surface area contributed by atoms with Crippen molar-refractivity contribution in [2.24, 2.45) is 7.05 Å². The van der Waals surface area contributed by atoms with Crippen LogP contribution in [0.15, 0.2) is 48.9 Å². The second kappa shape index (κ2) is 5.00. The molecule has 0 bridgehead atoms. The molecule has 0 saturated heterocycles. The molecule has 0 fully saturated rings. The van der Waals surface area contributed by atoms with Crippen LogP contribution >= 0.6 is 0 Å². The van der Waals surface area contributed by atoms with Gasteiger partial charge in [0.25, 0.3) is 0 Å². The number of ether oxygens (including phenoxy) is 1. The van der Waals surface area contributed by atoms with Crippen molar-refractivity contribution in [1.82, 2.24) is 19.7 Å². The van der Waals surface area contributed by atoms with Crippen LogP contribution in [0.5, 0.6) is 11.6 Å². The average Bonchev–Trinajstić information content (AvgIpc) is 2.86. The summed E-state index contributed by atoms with van der Waals surface area (Å²) >= 11 is 0. The highest BCUT2D eigenvalue weighted by Gasteiger charge is 2.06. The minimum atomic E-state index is 0.450. The van der Waals surface area contributed by atoms with Crippen molar-refractivity contribution < 1.29 is 4.74 Å². The molecule has 2 N–H and O–H groups in total. The Morgan fingerprint density at radius 3 is 2.75 bits per heavy atom. The van der Waals surface area contributed by atoms with Gasteiger partial charge in [0.15, 0.2) is 0 Å².